The van der Waals surface area contributed by atoms with Crippen LogP contribution in [0.2, 0.25) is 0 Å². The maximum absolute atomic E-state index is 12.6. The van der Waals surface area contributed by atoms with Gasteiger partial charge in [0.15, 0.2) is 11.6 Å². The molecule has 2 nitrogen and oxygen atoms in total. The molecule has 70 valence electrons. The van der Waals surface area contributed by atoms with Crippen molar-refractivity contribution in [2.24, 2.45) is 0 Å². The molecule has 0 radical (unpaired) electrons. The number of esters is 1. The second kappa shape index (κ2) is 3.98. The summed E-state index contributed by atoms with van der Waals surface area (Å²) in [4.78, 5) is 10.7. The van der Waals surface area contributed by atoms with Crippen LogP contribution in [0.4, 0.5) is 8.78 Å². The van der Waals surface area contributed by atoms with Crippen molar-refractivity contribution in [3.05, 3.63) is 29.8 Å². The van der Waals surface area contributed by atoms with Crippen LogP contribution < -0.4 is 4.74 Å². The minimum Gasteiger partial charge on any atom is -0.426 e. The molecule has 0 saturated carbocycles. The number of carbonyl (C=O) groups excluding carboxylic acids is 1. The van der Waals surface area contributed by atoms with E-state index in [-0.39, 0.29) is 12.2 Å². The van der Waals surface area contributed by atoms with Crippen LogP contribution in [-0.4, -0.2) is 5.97 Å². The Bertz CT molecular complexity index is 323. The maximum Gasteiger partial charge on any atom is 0.310 e. The number of ether oxygens (including phenoxy) is 1. The predicted molar refractivity (Wildman–Crippen MR) is 42.3 cm³/mol. The Balaban J connectivity index is 2.79. The Hall–Kier alpha value is -1.45. The van der Waals surface area contributed by atoms with Crippen LogP contribution in [0, 0.1) is 11.6 Å². The highest BCUT2D eigenvalue weighted by Gasteiger charge is 2.05. The molecule has 0 aromatic heterocycles. The van der Waals surface area contributed by atoms with Crippen molar-refractivity contribution in [3.63, 3.8) is 0 Å². The molecule has 0 saturated heterocycles. The fourth-order valence-corrected chi connectivity index (χ4v) is 0.744. The fourth-order valence-electron chi connectivity index (χ4n) is 0.744. The number of rotatable bonds is 2. The fraction of sp³-hybridized carbons (Fsp3) is 0.222. The van der Waals surface area contributed by atoms with Crippen molar-refractivity contribution in [3.8, 4) is 5.75 Å². The lowest BCUT2D eigenvalue weighted by Crippen LogP contribution is -2.05. The van der Waals surface area contributed by atoms with Gasteiger partial charge in [-0.2, -0.15) is 0 Å². The van der Waals surface area contributed by atoms with Crippen molar-refractivity contribution in [1.29, 1.82) is 0 Å². The first-order valence-corrected chi connectivity index (χ1v) is 3.79. The van der Waals surface area contributed by atoms with E-state index in [0.717, 1.165) is 12.1 Å². The molecule has 0 amide bonds. The first-order chi connectivity index (χ1) is 6.13. The van der Waals surface area contributed by atoms with Crippen LogP contribution in [0.15, 0.2) is 18.2 Å². The first-order valence-electron chi connectivity index (χ1n) is 3.79. The maximum atomic E-state index is 12.6. The zero-order chi connectivity index (χ0) is 9.84. The van der Waals surface area contributed by atoms with Gasteiger partial charge in [0.1, 0.15) is 5.75 Å². The summed E-state index contributed by atoms with van der Waals surface area (Å²) in [6, 6.07) is 2.95. The smallest absolute Gasteiger partial charge is 0.310 e. The Morgan fingerprint density at radius 2 is 2.08 bits per heavy atom. The monoisotopic (exact) mass is 186 g/mol. The van der Waals surface area contributed by atoms with Crippen LogP contribution in [0.5, 0.6) is 5.75 Å². The molecule has 0 unspecified atom stereocenters. The molecular formula is C9H8F2O2. The zero-order valence-electron chi connectivity index (χ0n) is 7.01. The van der Waals surface area contributed by atoms with E-state index in [2.05, 4.69) is 4.74 Å². The number of benzene rings is 1. The van der Waals surface area contributed by atoms with Crippen molar-refractivity contribution in [2.75, 3.05) is 0 Å². The standard InChI is InChI=1S/C9H8F2O2/c1-2-9(12)13-6-3-4-7(10)8(11)5-6/h3-5H,2H2,1H3. The molecule has 0 aliphatic heterocycles. The Morgan fingerprint density at radius 3 is 2.62 bits per heavy atom. The van der Waals surface area contributed by atoms with E-state index in [9.17, 15) is 13.6 Å². The molecule has 0 fully saturated rings. The van der Waals surface area contributed by atoms with Gasteiger partial charge in [0.2, 0.25) is 0 Å². The SMILES string of the molecule is CCC(=O)Oc1ccc(F)c(F)c1. The lowest BCUT2D eigenvalue weighted by molar-refractivity contribution is -0.134. The number of halogens is 2. The van der Waals surface area contributed by atoms with Gasteiger partial charge in [0, 0.05) is 12.5 Å². The molecule has 4 heteroatoms. The van der Waals surface area contributed by atoms with E-state index in [1.165, 1.54) is 6.07 Å². The third kappa shape index (κ3) is 2.50. The molecule has 0 aliphatic rings. The summed E-state index contributed by atoms with van der Waals surface area (Å²) in [6.45, 7) is 1.61. The largest absolute Gasteiger partial charge is 0.426 e. The predicted octanol–water partition coefficient (Wildman–Crippen LogP) is 2.28. The quantitative estimate of drug-likeness (QED) is 0.523. The molecule has 1 aromatic rings. The summed E-state index contributed by atoms with van der Waals surface area (Å²) < 4.78 is 29.6. The summed E-state index contributed by atoms with van der Waals surface area (Å²) in [5.74, 6) is -2.45. The van der Waals surface area contributed by atoms with Crippen LogP contribution >= 0.6 is 0 Å². The summed E-state index contributed by atoms with van der Waals surface area (Å²) in [6.07, 6.45) is 0.193. The minimum atomic E-state index is -1.03. The van der Waals surface area contributed by atoms with Crippen LogP contribution in [0.3, 0.4) is 0 Å². The van der Waals surface area contributed by atoms with Crippen molar-refractivity contribution < 1.29 is 18.3 Å². The van der Waals surface area contributed by atoms with E-state index in [1.807, 2.05) is 0 Å². The molecule has 0 aliphatic carbocycles. The second-order valence-corrected chi connectivity index (χ2v) is 2.40. The highest BCUT2D eigenvalue weighted by molar-refractivity contribution is 5.71. The molecule has 0 spiro atoms. The summed E-state index contributed by atoms with van der Waals surface area (Å²) in [5, 5.41) is 0. The van der Waals surface area contributed by atoms with Crippen molar-refractivity contribution in [2.45, 2.75) is 13.3 Å². The molecule has 0 atom stereocenters. The summed E-state index contributed by atoms with van der Waals surface area (Å²) >= 11 is 0. The van der Waals surface area contributed by atoms with Gasteiger partial charge in [-0.15, -0.1) is 0 Å². The topological polar surface area (TPSA) is 26.3 Å². The first kappa shape index (κ1) is 9.64. The minimum absolute atomic E-state index is 0.0192. The van der Waals surface area contributed by atoms with Crippen molar-refractivity contribution in [1.82, 2.24) is 0 Å². The Labute approximate surface area is 74.1 Å². The molecular weight excluding hydrogens is 178 g/mol. The Morgan fingerprint density at radius 1 is 1.38 bits per heavy atom. The van der Waals surface area contributed by atoms with E-state index in [0.29, 0.717) is 0 Å². The molecule has 13 heavy (non-hydrogen) atoms. The van der Waals surface area contributed by atoms with Gasteiger partial charge in [-0.05, 0) is 12.1 Å². The average molecular weight is 186 g/mol. The molecule has 0 heterocycles. The average Bonchev–Trinajstić information content (AvgIpc) is 2.11. The summed E-state index contributed by atoms with van der Waals surface area (Å²) in [7, 11) is 0. The van der Waals surface area contributed by atoms with Gasteiger partial charge in [-0.25, -0.2) is 8.78 Å². The number of hydrogen-bond acceptors (Lipinski definition) is 2. The third-order valence-corrected chi connectivity index (χ3v) is 1.41. The van der Waals surface area contributed by atoms with Crippen molar-refractivity contribution >= 4 is 5.97 Å². The summed E-state index contributed by atoms with van der Waals surface area (Å²) in [5.41, 5.74) is 0. The van der Waals surface area contributed by atoms with E-state index >= 15 is 0 Å². The normalized spacial score (nSPS) is 9.77. The van der Waals surface area contributed by atoms with Crippen LogP contribution in [0.25, 0.3) is 0 Å². The van der Waals surface area contributed by atoms with E-state index in [4.69, 9.17) is 0 Å². The molecule has 0 N–H and O–H groups in total. The van der Waals surface area contributed by atoms with E-state index < -0.39 is 17.6 Å². The molecule has 1 rings (SSSR count). The highest BCUT2D eigenvalue weighted by Crippen LogP contribution is 2.15. The van der Waals surface area contributed by atoms with Crippen LogP contribution in [0.1, 0.15) is 13.3 Å². The second-order valence-electron chi connectivity index (χ2n) is 2.40. The van der Waals surface area contributed by atoms with Gasteiger partial charge in [-0.3, -0.25) is 4.79 Å². The van der Waals surface area contributed by atoms with Gasteiger partial charge in [0.05, 0.1) is 0 Å². The third-order valence-electron chi connectivity index (χ3n) is 1.41. The number of hydrogen-bond donors (Lipinski definition) is 0. The van der Waals surface area contributed by atoms with Gasteiger partial charge in [0.25, 0.3) is 0 Å². The van der Waals surface area contributed by atoms with Gasteiger partial charge >= 0.3 is 5.97 Å². The van der Waals surface area contributed by atoms with Gasteiger partial charge < -0.3 is 4.74 Å². The lowest BCUT2D eigenvalue weighted by atomic mass is 10.3. The van der Waals surface area contributed by atoms with E-state index in [1.54, 1.807) is 6.92 Å². The van der Waals surface area contributed by atoms with Gasteiger partial charge in [-0.1, -0.05) is 6.92 Å². The number of carbonyl (C=O) groups is 1. The highest BCUT2D eigenvalue weighted by atomic mass is 19.2. The molecule has 1 aromatic carbocycles. The lowest BCUT2D eigenvalue weighted by Gasteiger charge is -2.01. The zero-order valence-corrected chi connectivity index (χ0v) is 7.01. The Kier molecular flexibility index (Phi) is 2.95. The molecule has 0 bridgehead atoms. The van der Waals surface area contributed by atoms with Crippen LogP contribution in [-0.2, 0) is 4.79 Å².